The second kappa shape index (κ2) is 5.37. The van der Waals surface area contributed by atoms with Gasteiger partial charge in [0.25, 0.3) is 0 Å². The standard InChI is InChI=1S/C17H16F3N3/c1-10-4-6-13(7-5-10)9-23-16-15(12(3)22-23)14(17(18,19)20)8-11(2)21-16/h4-8H,9H2,1-3H3. The van der Waals surface area contributed by atoms with Crippen LogP contribution in [0.2, 0.25) is 0 Å². The number of fused-ring (bicyclic) bond motifs is 1. The first-order valence-electron chi connectivity index (χ1n) is 7.23. The topological polar surface area (TPSA) is 30.7 Å². The minimum absolute atomic E-state index is 0.0789. The molecule has 0 fully saturated rings. The number of aromatic nitrogens is 3. The molecule has 6 heteroatoms. The molecule has 2 aromatic heterocycles. The van der Waals surface area contributed by atoms with Gasteiger partial charge in [0.2, 0.25) is 0 Å². The van der Waals surface area contributed by atoms with Crippen LogP contribution in [0, 0.1) is 20.8 Å². The van der Waals surface area contributed by atoms with E-state index in [0.29, 0.717) is 17.9 Å². The monoisotopic (exact) mass is 319 g/mol. The van der Waals surface area contributed by atoms with E-state index in [2.05, 4.69) is 10.1 Å². The SMILES string of the molecule is Cc1ccc(Cn2nc(C)c3c(C(F)(F)F)cc(C)nc32)cc1. The van der Waals surface area contributed by atoms with E-state index in [9.17, 15) is 13.2 Å². The molecule has 0 aliphatic heterocycles. The lowest BCUT2D eigenvalue weighted by atomic mass is 10.1. The average Bonchev–Trinajstić information content (AvgIpc) is 2.76. The third-order valence-corrected chi connectivity index (χ3v) is 3.76. The van der Waals surface area contributed by atoms with Crippen LogP contribution in [0.4, 0.5) is 13.2 Å². The van der Waals surface area contributed by atoms with Gasteiger partial charge in [0.15, 0.2) is 5.65 Å². The molecule has 0 aliphatic rings. The molecule has 0 radical (unpaired) electrons. The lowest BCUT2D eigenvalue weighted by Gasteiger charge is -2.10. The predicted molar refractivity (Wildman–Crippen MR) is 82.3 cm³/mol. The summed E-state index contributed by atoms with van der Waals surface area (Å²) in [7, 11) is 0. The van der Waals surface area contributed by atoms with Gasteiger partial charge in [-0.15, -0.1) is 0 Å². The number of aryl methyl sites for hydroxylation is 3. The summed E-state index contributed by atoms with van der Waals surface area (Å²) in [5.41, 5.74) is 2.37. The van der Waals surface area contributed by atoms with Crippen LogP contribution in [-0.2, 0) is 12.7 Å². The molecule has 0 unspecified atom stereocenters. The number of halogens is 3. The van der Waals surface area contributed by atoms with Crippen molar-refractivity contribution in [2.75, 3.05) is 0 Å². The van der Waals surface area contributed by atoms with Crippen LogP contribution in [0.1, 0.15) is 28.1 Å². The maximum absolute atomic E-state index is 13.3. The maximum atomic E-state index is 13.3. The molecule has 120 valence electrons. The van der Waals surface area contributed by atoms with Crippen LogP contribution in [-0.4, -0.2) is 14.8 Å². The highest BCUT2D eigenvalue weighted by atomic mass is 19.4. The fourth-order valence-electron chi connectivity index (χ4n) is 2.68. The van der Waals surface area contributed by atoms with Gasteiger partial charge >= 0.3 is 6.18 Å². The lowest BCUT2D eigenvalue weighted by molar-refractivity contribution is -0.136. The van der Waals surface area contributed by atoms with Crippen molar-refractivity contribution in [1.82, 2.24) is 14.8 Å². The van der Waals surface area contributed by atoms with E-state index in [1.165, 1.54) is 4.68 Å². The Hall–Kier alpha value is -2.37. The van der Waals surface area contributed by atoms with Gasteiger partial charge in [-0.1, -0.05) is 29.8 Å². The minimum atomic E-state index is -4.42. The summed E-state index contributed by atoms with van der Waals surface area (Å²) in [4.78, 5) is 4.28. The molecule has 3 nitrogen and oxygen atoms in total. The summed E-state index contributed by atoms with van der Waals surface area (Å²) in [5, 5.41) is 4.36. The first-order chi connectivity index (χ1) is 10.8. The summed E-state index contributed by atoms with van der Waals surface area (Å²) in [5.74, 6) is 0. The number of pyridine rings is 1. The van der Waals surface area contributed by atoms with Crippen molar-refractivity contribution in [3.63, 3.8) is 0 Å². The molecule has 1 aromatic carbocycles. The predicted octanol–water partition coefficient (Wildman–Crippen LogP) is 4.42. The van der Waals surface area contributed by atoms with E-state index in [-0.39, 0.29) is 11.0 Å². The Morgan fingerprint density at radius 2 is 1.70 bits per heavy atom. The maximum Gasteiger partial charge on any atom is 0.417 e. The third kappa shape index (κ3) is 2.93. The van der Waals surface area contributed by atoms with Crippen LogP contribution in [0.25, 0.3) is 11.0 Å². The molecule has 3 rings (SSSR count). The lowest BCUT2D eigenvalue weighted by Crippen LogP contribution is -2.08. The van der Waals surface area contributed by atoms with Crippen LogP contribution in [0.15, 0.2) is 30.3 Å². The average molecular weight is 319 g/mol. The summed E-state index contributed by atoms with van der Waals surface area (Å²) in [6, 6.07) is 8.89. The van der Waals surface area contributed by atoms with Gasteiger partial charge in [0.1, 0.15) is 0 Å². The van der Waals surface area contributed by atoms with E-state index < -0.39 is 11.7 Å². The largest absolute Gasteiger partial charge is 0.417 e. The zero-order valence-electron chi connectivity index (χ0n) is 13.1. The minimum Gasteiger partial charge on any atom is -0.243 e. The van der Waals surface area contributed by atoms with Crippen LogP contribution in [0.3, 0.4) is 0 Å². The first kappa shape index (κ1) is 15.5. The van der Waals surface area contributed by atoms with Crippen LogP contribution in [0.5, 0.6) is 0 Å². The second-order valence-electron chi connectivity index (χ2n) is 5.74. The molecule has 0 amide bonds. The second-order valence-corrected chi connectivity index (χ2v) is 5.74. The van der Waals surface area contributed by atoms with Crippen molar-refractivity contribution in [3.05, 3.63) is 58.4 Å². The number of hydrogen-bond donors (Lipinski definition) is 0. The number of hydrogen-bond acceptors (Lipinski definition) is 2. The van der Waals surface area contributed by atoms with Gasteiger partial charge in [0, 0.05) is 5.69 Å². The fraction of sp³-hybridized carbons (Fsp3) is 0.294. The van der Waals surface area contributed by atoms with Gasteiger partial charge in [0.05, 0.1) is 23.2 Å². The summed E-state index contributed by atoms with van der Waals surface area (Å²) >= 11 is 0. The van der Waals surface area contributed by atoms with Gasteiger partial charge in [-0.2, -0.15) is 18.3 Å². The first-order valence-corrected chi connectivity index (χ1v) is 7.23. The Morgan fingerprint density at radius 1 is 1.04 bits per heavy atom. The third-order valence-electron chi connectivity index (χ3n) is 3.76. The number of alkyl halides is 3. The van der Waals surface area contributed by atoms with Crippen LogP contribution >= 0.6 is 0 Å². The Kier molecular flexibility index (Phi) is 3.62. The molecular weight excluding hydrogens is 303 g/mol. The molecule has 0 saturated carbocycles. The Bertz CT molecular complexity index is 861. The van der Waals surface area contributed by atoms with Crippen molar-refractivity contribution < 1.29 is 13.2 Å². The van der Waals surface area contributed by atoms with Gasteiger partial charge < -0.3 is 0 Å². The molecule has 0 saturated heterocycles. The van der Waals surface area contributed by atoms with Gasteiger partial charge in [-0.05, 0) is 32.4 Å². The van der Waals surface area contributed by atoms with E-state index >= 15 is 0 Å². The summed E-state index contributed by atoms with van der Waals surface area (Å²) in [6.07, 6.45) is -4.42. The quantitative estimate of drug-likeness (QED) is 0.700. The fourth-order valence-corrected chi connectivity index (χ4v) is 2.68. The molecular formula is C17H16F3N3. The van der Waals surface area contributed by atoms with Crippen molar-refractivity contribution in [2.45, 2.75) is 33.5 Å². The zero-order chi connectivity index (χ0) is 16.8. The number of nitrogens with zero attached hydrogens (tertiary/aromatic N) is 3. The molecule has 0 bridgehead atoms. The van der Waals surface area contributed by atoms with Crippen molar-refractivity contribution in [1.29, 1.82) is 0 Å². The molecule has 0 atom stereocenters. The zero-order valence-corrected chi connectivity index (χ0v) is 13.1. The van der Waals surface area contributed by atoms with E-state index in [4.69, 9.17) is 0 Å². The summed E-state index contributed by atoms with van der Waals surface area (Å²) < 4.78 is 41.4. The van der Waals surface area contributed by atoms with Crippen molar-refractivity contribution >= 4 is 11.0 Å². The molecule has 3 aromatic rings. The number of rotatable bonds is 2. The molecule has 2 heterocycles. The molecule has 0 N–H and O–H groups in total. The highest BCUT2D eigenvalue weighted by Gasteiger charge is 2.35. The Labute approximate surface area is 131 Å². The van der Waals surface area contributed by atoms with Gasteiger partial charge in [-0.3, -0.25) is 0 Å². The van der Waals surface area contributed by atoms with E-state index in [1.54, 1.807) is 13.8 Å². The Morgan fingerprint density at radius 3 is 2.30 bits per heavy atom. The highest BCUT2D eigenvalue weighted by Crippen LogP contribution is 2.36. The van der Waals surface area contributed by atoms with E-state index in [1.807, 2.05) is 31.2 Å². The molecule has 23 heavy (non-hydrogen) atoms. The normalized spacial score (nSPS) is 12.1. The molecule has 0 aliphatic carbocycles. The van der Waals surface area contributed by atoms with E-state index in [0.717, 1.165) is 17.2 Å². The van der Waals surface area contributed by atoms with Crippen molar-refractivity contribution in [2.24, 2.45) is 0 Å². The molecule has 0 spiro atoms. The van der Waals surface area contributed by atoms with Gasteiger partial charge in [-0.25, -0.2) is 9.67 Å². The van der Waals surface area contributed by atoms with Crippen LogP contribution < -0.4 is 0 Å². The highest BCUT2D eigenvalue weighted by molar-refractivity contribution is 5.83. The number of benzene rings is 1. The smallest absolute Gasteiger partial charge is 0.243 e. The summed E-state index contributed by atoms with van der Waals surface area (Å²) in [6.45, 7) is 5.52. The van der Waals surface area contributed by atoms with Crippen molar-refractivity contribution in [3.8, 4) is 0 Å². The Balaban J connectivity index is 2.16.